The lowest BCUT2D eigenvalue weighted by molar-refractivity contribution is 0.0842. The van der Waals surface area contributed by atoms with Gasteiger partial charge in [-0.3, -0.25) is 0 Å². The second kappa shape index (κ2) is 4.76. The second-order valence-electron chi connectivity index (χ2n) is 5.64. The summed E-state index contributed by atoms with van der Waals surface area (Å²) in [5.74, 6) is 0.575. The van der Waals surface area contributed by atoms with Crippen molar-refractivity contribution >= 4 is 18.1 Å². The summed E-state index contributed by atoms with van der Waals surface area (Å²) in [6.07, 6.45) is 3.30. The van der Waals surface area contributed by atoms with Gasteiger partial charge in [0.1, 0.15) is 22.9 Å². The van der Waals surface area contributed by atoms with Crippen LogP contribution in [0.2, 0.25) is 0 Å². The molecule has 1 aliphatic rings. The monoisotopic (exact) mass is 285 g/mol. The molecule has 0 spiro atoms. The molecule has 7 heteroatoms. The summed E-state index contributed by atoms with van der Waals surface area (Å²) in [7, 11) is 1.10. The van der Waals surface area contributed by atoms with Crippen molar-refractivity contribution in [3.63, 3.8) is 0 Å². The van der Waals surface area contributed by atoms with E-state index in [2.05, 4.69) is 11.2 Å². The first-order valence-corrected chi connectivity index (χ1v) is 6.75. The van der Waals surface area contributed by atoms with Crippen LogP contribution in [-0.4, -0.2) is 35.5 Å². The summed E-state index contributed by atoms with van der Waals surface area (Å²) >= 11 is 0. The molecule has 2 aromatic heterocycles. The fourth-order valence-electron chi connectivity index (χ4n) is 2.37. The Balaban J connectivity index is 2.08. The van der Waals surface area contributed by atoms with Crippen molar-refractivity contribution < 1.29 is 14.0 Å². The fraction of sp³-hybridized carbons (Fsp3) is 0.429. The zero-order chi connectivity index (χ0) is 15.2. The van der Waals surface area contributed by atoms with Gasteiger partial charge in [-0.05, 0) is 26.8 Å². The molecule has 6 nitrogen and oxygen atoms in total. The second-order valence-corrected chi connectivity index (χ2v) is 5.64. The van der Waals surface area contributed by atoms with Crippen LogP contribution in [0.15, 0.2) is 18.5 Å². The Hall–Kier alpha value is -2.04. The molecule has 1 fully saturated rings. The lowest BCUT2D eigenvalue weighted by Gasteiger charge is -2.21. The van der Waals surface area contributed by atoms with E-state index >= 15 is 0 Å². The van der Waals surface area contributed by atoms with Crippen molar-refractivity contribution in [1.82, 2.24) is 9.61 Å². The Bertz CT molecular complexity index is 735. The highest BCUT2D eigenvalue weighted by atomic mass is 16.7. The van der Waals surface area contributed by atoms with Crippen LogP contribution in [0.25, 0.3) is 5.52 Å². The van der Waals surface area contributed by atoms with E-state index in [-0.39, 0.29) is 11.7 Å². The molecule has 0 amide bonds. The van der Waals surface area contributed by atoms with Gasteiger partial charge in [0.15, 0.2) is 0 Å². The molecular formula is C14H16BN3O3. The Morgan fingerprint density at radius 1 is 1.52 bits per heavy atom. The molecule has 108 valence electrons. The van der Waals surface area contributed by atoms with Gasteiger partial charge in [0.2, 0.25) is 0 Å². The fourth-order valence-corrected chi connectivity index (χ4v) is 2.37. The highest BCUT2D eigenvalue weighted by Gasteiger charge is 2.44. The minimum absolute atomic E-state index is 0.0171. The molecule has 2 aromatic rings. The van der Waals surface area contributed by atoms with E-state index in [1.54, 1.807) is 17.8 Å². The molecular weight excluding hydrogens is 269 g/mol. The van der Waals surface area contributed by atoms with Gasteiger partial charge in [0, 0.05) is 11.7 Å². The number of fused-ring (bicyclic) bond motifs is 1. The van der Waals surface area contributed by atoms with Crippen LogP contribution in [0, 0.1) is 11.3 Å². The maximum Gasteiger partial charge on any atom is 0.496 e. The van der Waals surface area contributed by atoms with Gasteiger partial charge in [-0.25, -0.2) is 4.52 Å². The predicted octanol–water partition coefficient (Wildman–Crippen LogP) is 1.12. The molecule has 1 unspecified atom stereocenters. The van der Waals surface area contributed by atoms with Crippen molar-refractivity contribution in [2.45, 2.75) is 32.5 Å². The van der Waals surface area contributed by atoms with E-state index in [0.717, 1.165) is 5.46 Å². The normalized spacial score (nSPS) is 20.7. The molecule has 0 aliphatic carbocycles. The number of methoxy groups -OCH3 is 1. The molecule has 0 bridgehead atoms. The smallest absolute Gasteiger partial charge is 0.494 e. The van der Waals surface area contributed by atoms with Crippen LogP contribution < -0.4 is 10.2 Å². The third kappa shape index (κ3) is 2.17. The van der Waals surface area contributed by atoms with Crippen LogP contribution in [0.1, 0.15) is 26.3 Å². The minimum Gasteiger partial charge on any atom is -0.494 e. The molecule has 1 atom stereocenters. The molecule has 21 heavy (non-hydrogen) atoms. The van der Waals surface area contributed by atoms with Gasteiger partial charge in [0.25, 0.3) is 0 Å². The van der Waals surface area contributed by atoms with Crippen LogP contribution in [-0.2, 0) is 9.31 Å². The summed E-state index contributed by atoms with van der Waals surface area (Å²) in [6, 6.07) is 3.94. The molecule has 3 rings (SSSR count). The SMILES string of the molecule is COc1cc(B2OC(C)C(C)(C)O2)cn2ncc(C#N)c12. The van der Waals surface area contributed by atoms with Crippen LogP contribution in [0.5, 0.6) is 5.75 Å². The van der Waals surface area contributed by atoms with Gasteiger partial charge >= 0.3 is 7.12 Å². The lowest BCUT2D eigenvalue weighted by atomic mass is 9.80. The first-order chi connectivity index (χ1) is 9.96. The number of pyridine rings is 1. The van der Waals surface area contributed by atoms with E-state index in [4.69, 9.17) is 19.3 Å². The number of aromatic nitrogens is 2. The van der Waals surface area contributed by atoms with Gasteiger partial charge in [-0.2, -0.15) is 10.4 Å². The van der Waals surface area contributed by atoms with Crippen LogP contribution in [0.4, 0.5) is 0 Å². The van der Waals surface area contributed by atoms with E-state index in [1.165, 1.54) is 6.20 Å². The first-order valence-electron chi connectivity index (χ1n) is 6.75. The minimum atomic E-state index is -0.469. The summed E-state index contributed by atoms with van der Waals surface area (Å²) in [5.41, 5.74) is 1.58. The predicted molar refractivity (Wildman–Crippen MR) is 77.6 cm³/mol. The van der Waals surface area contributed by atoms with E-state index in [1.807, 2.05) is 26.8 Å². The largest absolute Gasteiger partial charge is 0.496 e. The highest BCUT2D eigenvalue weighted by Crippen LogP contribution is 2.28. The number of nitriles is 1. The van der Waals surface area contributed by atoms with Crippen molar-refractivity contribution in [3.05, 3.63) is 24.0 Å². The summed E-state index contributed by atoms with van der Waals surface area (Å²) in [5, 5.41) is 13.3. The Morgan fingerprint density at radius 3 is 2.86 bits per heavy atom. The number of hydrogen-bond donors (Lipinski definition) is 0. The standard InChI is InChI=1S/C14H16BN3O3/c1-9-14(2,3)21-15(20-9)11-5-12(19-4)13-10(6-16)7-17-18(13)8-11/h5,7-9H,1-4H3. The van der Waals surface area contributed by atoms with Gasteiger partial charge in [0.05, 0.1) is 25.0 Å². The maximum atomic E-state index is 9.12. The number of nitrogens with zero attached hydrogens (tertiary/aromatic N) is 3. The molecule has 0 aromatic carbocycles. The van der Waals surface area contributed by atoms with Gasteiger partial charge < -0.3 is 14.0 Å². The maximum absolute atomic E-state index is 9.12. The number of hydrogen-bond acceptors (Lipinski definition) is 5. The third-order valence-corrected chi connectivity index (χ3v) is 3.93. The van der Waals surface area contributed by atoms with Crippen molar-refractivity contribution in [2.75, 3.05) is 7.11 Å². The van der Waals surface area contributed by atoms with Crippen molar-refractivity contribution in [2.24, 2.45) is 0 Å². The topological polar surface area (TPSA) is 68.8 Å². The van der Waals surface area contributed by atoms with E-state index < -0.39 is 7.12 Å². The molecule has 1 saturated heterocycles. The van der Waals surface area contributed by atoms with Crippen molar-refractivity contribution in [3.8, 4) is 11.8 Å². The quantitative estimate of drug-likeness (QED) is 0.773. The van der Waals surface area contributed by atoms with Crippen LogP contribution >= 0.6 is 0 Å². The third-order valence-electron chi connectivity index (χ3n) is 3.93. The first kappa shape index (κ1) is 13.9. The van der Waals surface area contributed by atoms with Crippen molar-refractivity contribution in [1.29, 1.82) is 5.26 Å². The average molecular weight is 285 g/mol. The average Bonchev–Trinajstić information content (AvgIpc) is 2.99. The lowest BCUT2D eigenvalue weighted by Crippen LogP contribution is -2.35. The Labute approximate surface area is 123 Å². The summed E-state index contributed by atoms with van der Waals surface area (Å²) < 4.78 is 18.8. The van der Waals surface area contributed by atoms with Gasteiger partial charge in [-0.1, -0.05) is 0 Å². The van der Waals surface area contributed by atoms with E-state index in [9.17, 15) is 0 Å². The Kier molecular flexibility index (Phi) is 3.16. The molecule has 0 saturated carbocycles. The molecule has 3 heterocycles. The summed E-state index contributed by atoms with van der Waals surface area (Å²) in [4.78, 5) is 0. The molecule has 1 aliphatic heterocycles. The Morgan fingerprint density at radius 2 is 2.29 bits per heavy atom. The zero-order valence-corrected chi connectivity index (χ0v) is 12.5. The number of ether oxygens (including phenoxy) is 1. The number of rotatable bonds is 2. The van der Waals surface area contributed by atoms with Crippen LogP contribution in [0.3, 0.4) is 0 Å². The highest BCUT2D eigenvalue weighted by molar-refractivity contribution is 6.62. The summed E-state index contributed by atoms with van der Waals surface area (Å²) in [6.45, 7) is 5.97. The molecule has 0 N–H and O–H groups in total. The van der Waals surface area contributed by atoms with E-state index in [0.29, 0.717) is 16.8 Å². The molecule has 0 radical (unpaired) electrons. The zero-order valence-electron chi connectivity index (χ0n) is 12.5. The van der Waals surface area contributed by atoms with Gasteiger partial charge in [-0.15, -0.1) is 0 Å².